The first-order chi connectivity index (χ1) is 6.93. The number of carbonyl (C=O) groups is 1. The first-order valence-electron chi connectivity index (χ1n) is 4.07. The number of carboxylic acids is 1. The van der Waals surface area contributed by atoms with Gasteiger partial charge in [0.25, 0.3) is 0 Å². The van der Waals surface area contributed by atoms with Crippen LogP contribution in [0.2, 0.25) is 0 Å². The van der Waals surface area contributed by atoms with Crippen LogP contribution in [0.4, 0.5) is 5.69 Å². The van der Waals surface area contributed by atoms with Crippen molar-refractivity contribution in [3.63, 3.8) is 0 Å². The monoisotopic (exact) mass is 214 g/mol. The van der Waals surface area contributed by atoms with Gasteiger partial charge in [0, 0.05) is 7.05 Å². The molecule has 1 aromatic rings. The minimum atomic E-state index is -1.11. The summed E-state index contributed by atoms with van der Waals surface area (Å²) < 4.78 is 1.21. The minimum absolute atomic E-state index is 0.113. The summed E-state index contributed by atoms with van der Waals surface area (Å²) in [5.41, 5.74) is 5.39. The third-order valence-corrected chi connectivity index (χ3v) is 1.91. The van der Waals surface area contributed by atoms with Gasteiger partial charge in [0.2, 0.25) is 0 Å². The van der Waals surface area contributed by atoms with E-state index in [9.17, 15) is 14.9 Å². The maximum Gasteiger partial charge on any atom is 0.311 e. The van der Waals surface area contributed by atoms with Crippen molar-refractivity contribution in [1.29, 1.82) is 0 Å². The molecule has 8 nitrogen and oxygen atoms in total. The van der Waals surface area contributed by atoms with E-state index in [1.807, 2.05) is 0 Å². The Hall–Kier alpha value is -1.96. The first-order valence-corrected chi connectivity index (χ1v) is 4.07. The van der Waals surface area contributed by atoms with Crippen LogP contribution in [0.25, 0.3) is 0 Å². The summed E-state index contributed by atoms with van der Waals surface area (Å²) in [6.45, 7) is 0. The van der Waals surface area contributed by atoms with Crippen molar-refractivity contribution >= 4 is 11.7 Å². The number of nitro groups is 1. The Bertz CT molecular complexity index is 400. The third kappa shape index (κ3) is 2.29. The molecule has 0 saturated heterocycles. The number of hydrogen-bond acceptors (Lipinski definition) is 5. The molecule has 3 N–H and O–H groups in total. The Morgan fingerprint density at radius 2 is 2.47 bits per heavy atom. The number of nitrogens with two attached hydrogens (primary N) is 1. The molecule has 0 bridgehead atoms. The zero-order valence-corrected chi connectivity index (χ0v) is 7.95. The third-order valence-electron chi connectivity index (χ3n) is 1.91. The Morgan fingerprint density at radius 3 is 2.93 bits per heavy atom. The van der Waals surface area contributed by atoms with Crippen molar-refractivity contribution in [3.05, 3.63) is 22.0 Å². The fraction of sp³-hybridized carbons (Fsp3) is 0.429. The molecule has 0 radical (unpaired) electrons. The highest BCUT2D eigenvalue weighted by atomic mass is 16.6. The molecule has 1 atom stereocenters. The summed E-state index contributed by atoms with van der Waals surface area (Å²) in [5.74, 6) is -1.11. The van der Waals surface area contributed by atoms with E-state index in [1.54, 1.807) is 0 Å². The van der Waals surface area contributed by atoms with Gasteiger partial charge >= 0.3 is 11.7 Å². The summed E-state index contributed by atoms with van der Waals surface area (Å²) in [5, 5.41) is 22.8. The van der Waals surface area contributed by atoms with Gasteiger partial charge in [-0.1, -0.05) is 0 Å². The smallest absolute Gasteiger partial charge is 0.311 e. The van der Waals surface area contributed by atoms with Gasteiger partial charge in [-0.3, -0.25) is 19.6 Å². The molecule has 0 aliphatic rings. The highest BCUT2D eigenvalue weighted by Crippen LogP contribution is 2.24. The number of rotatable bonds is 4. The molecule has 0 aromatic carbocycles. The van der Waals surface area contributed by atoms with Crippen LogP contribution < -0.4 is 5.73 Å². The van der Waals surface area contributed by atoms with E-state index in [-0.39, 0.29) is 17.8 Å². The average molecular weight is 214 g/mol. The van der Waals surface area contributed by atoms with Gasteiger partial charge < -0.3 is 10.8 Å². The molecule has 0 aliphatic carbocycles. The number of aromatic nitrogens is 2. The van der Waals surface area contributed by atoms with Gasteiger partial charge in [-0.2, -0.15) is 5.10 Å². The highest BCUT2D eigenvalue weighted by Gasteiger charge is 2.25. The van der Waals surface area contributed by atoms with Crippen LogP contribution in [0, 0.1) is 10.1 Å². The Kier molecular flexibility index (Phi) is 3.00. The lowest BCUT2D eigenvalue weighted by Crippen LogP contribution is -2.19. The molecule has 0 amide bonds. The standard InChI is InChI=1S/C7H10N4O4/c1-10-7(4(8)2-6(12)13)5(3-9-10)11(14)15/h3-4H,2,8H2,1H3,(H,12,13). The summed E-state index contributed by atoms with van der Waals surface area (Å²) in [6, 6.07) is -0.935. The molecule has 8 heteroatoms. The molecule has 1 heterocycles. The topological polar surface area (TPSA) is 124 Å². The van der Waals surface area contributed by atoms with Crippen LogP contribution in [0.3, 0.4) is 0 Å². The lowest BCUT2D eigenvalue weighted by atomic mass is 10.1. The second kappa shape index (κ2) is 4.05. The van der Waals surface area contributed by atoms with Crippen molar-refractivity contribution in [2.24, 2.45) is 12.8 Å². The molecule has 1 unspecified atom stereocenters. The maximum absolute atomic E-state index is 10.6. The molecule has 0 spiro atoms. The fourth-order valence-electron chi connectivity index (χ4n) is 1.29. The van der Waals surface area contributed by atoms with Crippen LogP contribution >= 0.6 is 0 Å². The Morgan fingerprint density at radius 1 is 1.87 bits per heavy atom. The van der Waals surface area contributed by atoms with Crippen LogP contribution in [-0.2, 0) is 11.8 Å². The molecule has 0 saturated carbocycles. The molecule has 0 aliphatic heterocycles. The number of nitrogens with zero attached hydrogens (tertiary/aromatic N) is 3. The largest absolute Gasteiger partial charge is 0.481 e. The number of hydrogen-bond donors (Lipinski definition) is 2. The van der Waals surface area contributed by atoms with Crippen LogP contribution in [0.1, 0.15) is 18.2 Å². The molecular formula is C7H10N4O4. The van der Waals surface area contributed by atoms with Crippen LogP contribution in [0.15, 0.2) is 6.20 Å². The van der Waals surface area contributed by atoms with Gasteiger partial charge in [0.05, 0.1) is 17.4 Å². The number of aliphatic carboxylic acids is 1. The summed E-state index contributed by atoms with van der Waals surface area (Å²) in [6.07, 6.45) is 0.678. The van der Waals surface area contributed by atoms with Crippen molar-refractivity contribution in [3.8, 4) is 0 Å². The zero-order valence-electron chi connectivity index (χ0n) is 7.95. The molecular weight excluding hydrogens is 204 g/mol. The van der Waals surface area contributed by atoms with Gasteiger partial charge in [-0.25, -0.2) is 0 Å². The lowest BCUT2D eigenvalue weighted by Gasteiger charge is -2.08. The van der Waals surface area contributed by atoms with Crippen molar-refractivity contribution in [1.82, 2.24) is 9.78 Å². The van der Waals surface area contributed by atoms with E-state index in [4.69, 9.17) is 10.8 Å². The van der Waals surface area contributed by atoms with E-state index in [1.165, 1.54) is 11.7 Å². The van der Waals surface area contributed by atoms with E-state index in [2.05, 4.69) is 5.10 Å². The maximum atomic E-state index is 10.6. The highest BCUT2D eigenvalue weighted by molar-refractivity contribution is 5.68. The SMILES string of the molecule is Cn1ncc([N+](=O)[O-])c1C(N)CC(=O)O. The Labute approximate surface area is 84.4 Å². The van der Waals surface area contributed by atoms with Gasteiger partial charge in [-0.05, 0) is 0 Å². The molecule has 0 fully saturated rings. The average Bonchev–Trinajstić information content (AvgIpc) is 2.45. The van der Waals surface area contributed by atoms with E-state index in [0.717, 1.165) is 6.20 Å². The minimum Gasteiger partial charge on any atom is -0.481 e. The molecule has 82 valence electrons. The second-order valence-corrected chi connectivity index (χ2v) is 3.00. The first kappa shape index (κ1) is 11.1. The van der Waals surface area contributed by atoms with Gasteiger partial charge in [0.1, 0.15) is 11.9 Å². The molecule has 1 aromatic heterocycles. The van der Waals surface area contributed by atoms with Crippen molar-refractivity contribution < 1.29 is 14.8 Å². The predicted octanol–water partition coefficient (Wildman–Crippen LogP) is -0.197. The Balaban J connectivity index is 3.05. The van der Waals surface area contributed by atoms with Crippen molar-refractivity contribution in [2.45, 2.75) is 12.5 Å². The quantitative estimate of drug-likeness (QED) is 0.528. The number of carboxylic acid groups (broad SMARTS) is 1. The van der Waals surface area contributed by atoms with Crippen LogP contribution in [0.5, 0.6) is 0 Å². The summed E-state index contributed by atoms with van der Waals surface area (Å²) in [7, 11) is 1.48. The fourth-order valence-corrected chi connectivity index (χ4v) is 1.29. The second-order valence-electron chi connectivity index (χ2n) is 3.00. The summed E-state index contributed by atoms with van der Waals surface area (Å²) in [4.78, 5) is 20.4. The zero-order chi connectivity index (χ0) is 11.6. The summed E-state index contributed by atoms with van der Waals surface area (Å²) >= 11 is 0. The van der Waals surface area contributed by atoms with E-state index in [0.29, 0.717) is 0 Å². The van der Waals surface area contributed by atoms with Crippen LogP contribution in [-0.4, -0.2) is 25.8 Å². The van der Waals surface area contributed by atoms with Gasteiger partial charge in [-0.15, -0.1) is 0 Å². The van der Waals surface area contributed by atoms with Crippen molar-refractivity contribution in [2.75, 3.05) is 0 Å². The normalized spacial score (nSPS) is 12.4. The predicted molar refractivity (Wildman–Crippen MR) is 49.0 cm³/mol. The number of aryl methyl sites for hydroxylation is 1. The molecule has 1 rings (SSSR count). The molecule has 15 heavy (non-hydrogen) atoms. The van der Waals surface area contributed by atoms with E-state index >= 15 is 0 Å². The van der Waals surface area contributed by atoms with E-state index < -0.39 is 16.9 Å². The van der Waals surface area contributed by atoms with Gasteiger partial charge in [0.15, 0.2) is 0 Å². The lowest BCUT2D eigenvalue weighted by molar-refractivity contribution is -0.385.